The molecule has 1 N–H and O–H groups in total. The van der Waals surface area contributed by atoms with Crippen molar-refractivity contribution in [3.63, 3.8) is 0 Å². The van der Waals surface area contributed by atoms with Gasteiger partial charge in [0.05, 0.1) is 17.6 Å². The standard InChI is InChI=1S/C15H12N2O2/c18-15(19-13-6-2-1-3-7-13)17-12-9-11-5-4-8-14(11)16-10-12/h1-7,9-10H,8H2,(H,17,18). The number of allylic oxidation sites excluding steroid dienone is 1. The van der Waals surface area contributed by atoms with Gasteiger partial charge in [-0.2, -0.15) is 0 Å². The molecule has 19 heavy (non-hydrogen) atoms. The first kappa shape index (κ1) is 11.5. The van der Waals surface area contributed by atoms with E-state index in [1.165, 1.54) is 0 Å². The molecule has 0 saturated heterocycles. The fourth-order valence-electron chi connectivity index (χ4n) is 1.93. The number of anilines is 1. The summed E-state index contributed by atoms with van der Waals surface area (Å²) in [4.78, 5) is 16.0. The summed E-state index contributed by atoms with van der Waals surface area (Å²) < 4.78 is 5.14. The molecule has 1 aliphatic rings. The lowest BCUT2D eigenvalue weighted by atomic mass is 10.2. The Bertz CT molecular complexity index is 636. The number of nitrogens with zero attached hydrogens (tertiary/aromatic N) is 1. The number of para-hydroxylation sites is 1. The predicted octanol–water partition coefficient (Wildman–Crippen LogP) is 3.26. The van der Waals surface area contributed by atoms with Crippen LogP contribution in [0.3, 0.4) is 0 Å². The van der Waals surface area contributed by atoms with Crippen molar-refractivity contribution >= 4 is 17.9 Å². The minimum absolute atomic E-state index is 0.508. The molecule has 3 rings (SSSR count). The third-order valence-electron chi connectivity index (χ3n) is 2.81. The van der Waals surface area contributed by atoms with E-state index in [-0.39, 0.29) is 0 Å². The third kappa shape index (κ3) is 2.63. The van der Waals surface area contributed by atoms with Gasteiger partial charge < -0.3 is 4.74 Å². The van der Waals surface area contributed by atoms with Gasteiger partial charge in [0.15, 0.2) is 0 Å². The van der Waals surface area contributed by atoms with E-state index < -0.39 is 6.09 Å². The van der Waals surface area contributed by atoms with E-state index in [0.29, 0.717) is 11.4 Å². The first-order chi connectivity index (χ1) is 9.31. The van der Waals surface area contributed by atoms with Crippen molar-refractivity contribution in [1.82, 2.24) is 4.98 Å². The number of aromatic nitrogens is 1. The predicted molar refractivity (Wildman–Crippen MR) is 73.1 cm³/mol. The van der Waals surface area contributed by atoms with Gasteiger partial charge >= 0.3 is 6.09 Å². The van der Waals surface area contributed by atoms with Crippen LogP contribution < -0.4 is 10.1 Å². The van der Waals surface area contributed by atoms with E-state index in [9.17, 15) is 4.79 Å². The molecule has 0 bridgehead atoms. The number of amides is 1. The molecule has 1 aliphatic carbocycles. The largest absolute Gasteiger partial charge is 0.417 e. The van der Waals surface area contributed by atoms with Gasteiger partial charge in [0.25, 0.3) is 0 Å². The number of hydrogen-bond donors (Lipinski definition) is 1. The summed E-state index contributed by atoms with van der Waals surface area (Å²) in [5, 5.41) is 2.66. The molecule has 0 saturated carbocycles. The Kier molecular flexibility index (Phi) is 2.98. The highest BCUT2D eigenvalue weighted by Gasteiger charge is 2.09. The molecule has 0 spiro atoms. The quantitative estimate of drug-likeness (QED) is 0.892. The fourth-order valence-corrected chi connectivity index (χ4v) is 1.93. The highest BCUT2D eigenvalue weighted by atomic mass is 16.6. The number of carbonyl (C=O) groups is 1. The van der Waals surface area contributed by atoms with E-state index in [0.717, 1.165) is 17.7 Å². The Hall–Kier alpha value is -2.62. The molecule has 0 radical (unpaired) electrons. The molecule has 0 atom stereocenters. The second-order valence-electron chi connectivity index (χ2n) is 4.19. The maximum atomic E-state index is 11.7. The van der Waals surface area contributed by atoms with Crippen LogP contribution in [-0.2, 0) is 6.42 Å². The molecular formula is C15H12N2O2. The zero-order chi connectivity index (χ0) is 13.1. The first-order valence-electron chi connectivity index (χ1n) is 6.00. The second-order valence-corrected chi connectivity index (χ2v) is 4.19. The van der Waals surface area contributed by atoms with Crippen LogP contribution in [-0.4, -0.2) is 11.1 Å². The van der Waals surface area contributed by atoms with Gasteiger partial charge in [-0.25, -0.2) is 4.79 Å². The van der Waals surface area contributed by atoms with Crippen LogP contribution in [0.2, 0.25) is 0 Å². The normalized spacial score (nSPS) is 12.0. The maximum Gasteiger partial charge on any atom is 0.417 e. The molecule has 2 aromatic rings. The molecule has 1 heterocycles. The number of pyridine rings is 1. The Labute approximate surface area is 110 Å². The Morgan fingerprint density at radius 2 is 2.11 bits per heavy atom. The Balaban J connectivity index is 1.68. The topological polar surface area (TPSA) is 51.2 Å². The van der Waals surface area contributed by atoms with Gasteiger partial charge in [-0.3, -0.25) is 10.3 Å². The smallest absolute Gasteiger partial charge is 0.410 e. The average Bonchev–Trinajstić information content (AvgIpc) is 2.87. The molecule has 1 aromatic heterocycles. The van der Waals surface area contributed by atoms with Gasteiger partial charge in [-0.15, -0.1) is 0 Å². The van der Waals surface area contributed by atoms with E-state index >= 15 is 0 Å². The van der Waals surface area contributed by atoms with Crippen LogP contribution in [0.1, 0.15) is 11.3 Å². The molecule has 1 amide bonds. The van der Waals surface area contributed by atoms with E-state index in [4.69, 9.17) is 4.74 Å². The number of ether oxygens (including phenoxy) is 1. The van der Waals surface area contributed by atoms with Crippen LogP contribution >= 0.6 is 0 Å². The highest BCUT2D eigenvalue weighted by molar-refractivity contribution is 5.86. The lowest BCUT2D eigenvalue weighted by Gasteiger charge is -2.07. The monoisotopic (exact) mass is 252 g/mol. The van der Waals surface area contributed by atoms with Gasteiger partial charge in [-0.1, -0.05) is 30.4 Å². The Morgan fingerprint density at radius 1 is 1.26 bits per heavy atom. The van der Waals surface area contributed by atoms with Crippen molar-refractivity contribution in [3.05, 3.63) is 59.9 Å². The summed E-state index contributed by atoms with van der Waals surface area (Å²) in [6.45, 7) is 0. The van der Waals surface area contributed by atoms with E-state index in [1.807, 2.05) is 36.4 Å². The van der Waals surface area contributed by atoms with Crippen LogP contribution in [0.4, 0.5) is 10.5 Å². The number of carbonyl (C=O) groups excluding carboxylic acids is 1. The van der Waals surface area contributed by atoms with Gasteiger partial charge in [-0.05, 0) is 23.8 Å². The van der Waals surface area contributed by atoms with Crippen LogP contribution in [0.5, 0.6) is 5.75 Å². The van der Waals surface area contributed by atoms with Crippen molar-refractivity contribution in [3.8, 4) is 5.75 Å². The molecule has 1 aromatic carbocycles. The number of rotatable bonds is 2. The van der Waals surface area contributed by atoms with Crippen molar-refractivity contribution in [2.75, 3.05) is 5.32 Å². The summed E-state index contributed by atoms with van der Waals surface area (Å²) in [6, 6.07) is 10.8. The lowest BCUT2D eigenvalue weighted by molar-refractivity contribution is 0.215. The van der Waals surface area contributed by atoms with Crippen molar-refractivity contribution in [2.45, 2.75) is 6.42 Å². The third-order valence-corrected chi connectivity index (χ3v) is 2.81. The summed E-state index contributed by atoms with van der Waals surface area (Å²) in [6.07, 6.45) is 6.01. The minimum atomic E-state index is -0.519. The second kappa shape index (κ2) is 4.94. The summed E-state index contributed by atoms with van der Waals surface area (Å²) in [7, 11) is 0. The average molecular weight is 252 g/mol. The molecule has 0 unspecified atom stereocenters. The molecule has 4 heteroatoms. The summed E-state index contributed by atoms with van der Waals surface area (Å²) in [5.41, 5.74) is 2.70. The summed E-state index contributed by atoms with van der Waals surface area (Å²) in [5.74, 6) is 0.508. The molecule has 0 fully saturated rings. The van der Waals surface area contributed by atoms with Gasteiger partial charge in [0.1, 0.15) is 5.75 Å². The van der Waals surface area contributed by atoms with E-state index in [1.54, 1.807) is 18.3 Å². The van der Waals surface area contributed by atoms with Gasteiger partial charge in [0.2, 0.25) is 0 Å². The van der Waals surface area contributed by atoms with Crippen molar-refractivity contribution < 1.29 is 9.53 Å². The molecule has 4 nitrogen and oxygen atoms in total. The maximum absolute atomic E-state index is 11.7. The summed E-state index contributed by atoms with van der Waals surface area (Å²) >= 11 is 0. The SMILES string of the molecule is O=C(Nc1cnc2c(c1)C=CC2)Oc1ccccc1. The van der Waals surface area contributed by atoms with Gasteiger partial charge in [0, 0.05) is 6.42 Å². The zero-order valence-electron chi connectivity index (χ0n) is 10.2. The zero-order valence-corrected chi connectivity index (χ0v) is 10.2. The number of nitrogens with one attached hydrogen (secondary N) is 1. The van der Waals surface area contributed by atoms with Crippen LogP contribution in [0.25, 0.3) is 6.08 Å². The van der Waals surface area contributed by atoms with Crippen LogP contribution in [0, 0.1) is 0 Å². The van der Waals surface area contributed by atoms with Crippen molar-refractivity contribution in [1.29, 1.82) is 0 Å². The van der Waals surface area contributed by atoms with Crippen molar-refractivity contribution in [2.24, 2.45) is 0 Å². The molecule has 94 valence electrons. The minimum Gasteiger partial charge on any atom is -0.410 e. The number of fused-ring (bicyclic) bond motifs is 1. The molecular weight excluding hydrogens is 240 g/mol. The Morgan fingerprint density at radius 3 is 2.95 bits per heavy atom. The number of benzene rings is 1. The van der Waals surface area contributed by atoms with E-state index in [2.05, 4.69) is 10.3 Å². The highest BCUT2D eigenvalue weighted by Crippen LogP contribution is 2.20. The lowest BCUT2D eigenvalue weighted by Crippen LogP contribution is -2.17. The first-order valence-corrected chi connectivity index (χ1v) is 6.00. The number of hydrogen-bond acceptors (Lipinski definition) is 3. The van der Waals surface area contributed by atoms with Crippen LogP contribution in [0.15, 0.2) is 48.7 Å². The molecule has 0 aliphatic heterocycles. The fraction of sp³-hybridized carbons (Fsp3) is 0.0667.